The number of nitro groups is 1. The summed E-state index contributed by atoms with van der Waals surface area (Å²) in [5.41, 5.74) is -0.313. The van der Waals surface area contributed by atoms with Crippen LogP contribution in [0.5, 0.6) is 0 Å². The lowest BCUT2D eigenvalue weighted by Crippen LogP contribution is -2.20. The second-order valence-corrected chi connectivity index (χ2v) is 4.38. The Balaban J connectivity index is 1.93. The van der Waals surface area contributed by atoms with Gasteiger partial charge in [0, 0.05) is 17.8 Å². The molecule has 2 rings (SSSR count). The van der Waals surface area contributed by atoms with Crippen molar-refractivity contribution in [1.82, 2.24) is 5.16 Å². The third-order valence-electron chi connectivity index (χ3n) is 2.59. The van der Waals surface area contributed by atoms with E-state index in [1.165, 1.54) is 6.07 Å². The molecule has 0 radical (unpaired) electrons. The van der Waals surface area contributed by atoms with E-state index in [0.717, 1.165) is 18.2 Å². The number of nitrogens with zero attached hydrogens (tertiary/aromatic N) is 2. The Hall–Kier alpha value is -3.30. The number of benzene rings is 1. The Morgan fingerprint density at radius 1 is 1.43 bits per heavy atom. The Morgan fingerprint density at radius 2 is 2.17 bits per heavy atom. The number of ether oxygens (including phenoxy) is 1. The topological polar surface area (TPSA) is 125 Å². The van der Waals surface area contributed by atoms with E-state index in [2.05, 4.69) is 19.7 Å². The van der Waals surface area contributed by atoms with E-state index >= 15 is 0 Å². The average Bonchev–Trinajstić information content (AvgIpc) is 2.93. The number of esters is 1. The fourth-order valence-corrected chi connectivity index (χ4v) is 1.59. The minimum atomic E-state index is -1.03. The van der Waals surface area contributed by atoms with Crippen LogP contribution in [0, 0.1) is 22.9 Å². The number of rotatable bonds is 5. The molecular weight excluding hydrogens is 313 g/mol. The Morgan fingerprint density at radius 3 is 2.78 bits per heavy atom. The summed E-state index contributed by atoms with van der Waals surface area (Å²) in [4.78, 5) is 32.8. The van der Waals surface area contributed by atoms with Gasteiger partial charge in [-0.3, -0.25) is 14.9 Å². The molecule has 0 aliphatic rings. The summed E-state index contributed by atoms with van der Waals surface area (Å²) < 4.78 is 22.5. The van der Waals surface area contributed by atoms with Crippen molar-refractivity contribution in [3.8, 4) is 0 Å². The lowest BCUT2D eigenvalue weighted by atomic mass is 10.2. The summed E-state index contributed by atoms with van der Waals surface area (Å²) in [7, 11) is 0. The highest BCUT2D eigenvalue weighted by Gasteiger charge is 2.17. The molecule has 2 aromatic rings. The molecule has 0 saturated carbocycles. The van der Waals surface area contributed by atoms with Gasteiger partial charge in [-0.1, -0.05) is 5.16 Å². The van der Waals surface area contributed by atoms with Gasteiger partial charge in [0.2, 0.25) is 11.6 Å². The maximum atomic E-state index is 13.2. The highest BCUT2D eigenvalue weighted by Crippen LogP contribution is 2.21. The number of anilines is 1. The molecule has 0 aliphatic heterocycles. The molecule has 10 heteroatoms. The molecule has 0 bridgehead atoms. The summed E-state index contributed by atoms with van der Waals surface area (Å²) in [6.45, 7) is 0.957. The van der Waals surface area contributed by atoms with E-state index in [9.17, 15) is 24.1 Å². The van der Waals surface area contributed by atoms with Gasteiger partial charge in [0.05, 0.1) is 10.6 Å². The molecule has 1 heterocycles. The minimum Gasteiger partial charge on any atom is -0.450 e. The molecule has 120 valence electrons. The van der Waals surface area contributed by atoms with Gasteiger partial charge >= 0.3 is 11.7 Å². The number of hydrogen-bond donors (Lipinski definition) is 1. The lowest BCUT2D eigenvalue weighted by Gasteiger charge is -2.05. The third-order valence-corrected chi connectivity index (χ3v) is 2.59. The van der Waals surface area contributed by atoms with Crippen molar-refractivity contribution in [2.75, 3.05) is 11.9 Å². The summed E-state index contributed by atoms with van der Waals surface area (Å²) in [6, 6.07) is 4.18. The monoisotopic (exact) mass is 323 g/mol. The van der Waals surface area contributed by atoms with E-state index in [1.807, 2.05) is 0 Å². The zero-order chi connectivity index (χ0) is 17.0. The summed E-state index contributed by atoms with van der Waals surface area (Å²) >= 11 is 0. The van der Waals surface area contributed by atoms with Gasteiger partial charge in [-0.05, 0) is 19.1 Å². The zero-order valence-electron chi connectivity index (χ0n) is 11.7. The van der Waals surface area contributed by atoms with Gasteiger partial charge in [0.15, 0.2) is 6.61 Å². The maximum absolute atomic E-state index is 13.2. The number of carbonyl (C=O) groups excluding carboxylic acids is 2. The van der Waals surface area contributed by atoms with Crippen LogP contribution in [0.4, 0.5) is 15.8 Å². The van der Waals surface area contributed by atoms with Crippen LogP contribution >= 0.6 is 0 Å². The van der Waals surface area contributed by atoms with Crippen molar-refractivity contribution in [3.63, 3.8) is 0 Å². The molecule has 0 saturated heterocycles. The molecule has 9 nitrogen and oxygen atoms in total. The number of amides is 1. The molecule has 0 atom stereocenters. The number of halogens is 1. The molecule has 1 amide bonds. The molecular formula is C13H10FN3O6. The number of nitrogens with one attached hydrogen (secondary N) is 1. The molecule has 1 N–H and O–H groups in total. The van der Waals surface area contributed by atoms with Crippen LogP contribution < -0.4 is 5.32 Å². The Labute approximate surface area is 128 Å². The molecule has 0 spiro atoms. The molecule has 0 aliphatic carbocycles. The van der Waals surface area contributed by atoms with E-state index in [0.29, 0.717) is 5.69 Å². The highest BCUT2D eigenvalue weighted by molar-refractivity contribution is 5.94. The Kier molecular flexibility index (Phi) is 4.64. The number of carbonyl (C=O) groups is 2. The van der Waals surface area contributed by atoms with Crippen molar-refractivity contribution in [3.05, 3.63) is 51.7 Å². The van der Waals surface area contributed by atoms with Crippen molar-refractivity contribution in [1.29, 1.82) is 0 Å². The van der Waals surface area contributed by atoms with Crippen molar-refractivity contribution in [2.45, 2.75) is 6.92 Å². The first-order valence-corrected chi connectivity index (χ1v) is 6.21. The quantitative estimate of drug-likeness (QED) is 0.505. The molecule has 23 heavy (non-hydrogen) atoms. The second-order valence-electron chi connectivity index (χ2n) is 4.38. The van der Waals surface area contributed by atoms with E-state index in [1.54, 1.807) is 6.92 Å². The van der Waals surface area contributed by atoms with Gasteiger partial charge in [-0.25, -0.2) is 4.79 Å². The van der Waals surface area contributed by atoms with Gasteiger partial charge in [0.25, 0.3) is 5.91 Å². The first-order chi connectivity index (χ1) is 10.9. The van der Waals surface area contributed by atoms with Crippen LogP contribution in [0.15, 0.2) is 28.8 Å². The normalized spacial score (nSPS) is 10.2. The standard InChI is InChI=1S/C13H10FN3O6/c1-7-4-11(23-16-7)13(19)22-6-12(18)15-8-2-3-9(14)10(5-8)17(20)21/h2-5H,6H2,1H3,(H,15,18). The second kappa shape index (κ2) is 6.64. The molecule has 0 unspecified atom stereocenters. The van der Waals surface area contributed by atoms with E-state index in [-0.39, 0.29) is 11.4 Å². The fourth-order valence-electron chi connectivity index (χ4n) is 1.59. The summed E-state index contributed by atoms with van der Waals surface area (Å²) in [5, 5.41) is 16.3. The van der Waals surface area contributed by atoms with Crippen LogP contribution in [0.25, 0.3) is 0 Å². The molecule has 0 fully saturated rings. The van der Waals surface area contributed by atoms with Crippen LogP contribution in [0.1, 0.15) is 16.2 Å². The van der Waals surface area contributed by atoms with Crippen molar-refractivity contribution < 1.29 is 28.2 Å². The smallest absolute Gasteiger partial charge is 0.377 e. The Bertz CT molecular complexity index is 773. The number of aryl methyl sites for hydroxylation is 1. The van der Waals surface area contributed by atoms with Gasteiger partial charge < -0.3 is 14.6 Å². The number of nitro benzene ring substituents is 1. The highest BCUT2D eigenvalue weighted by atomic mass is 19.1. The minimum absolute atomic E-state index is 0.00495. The predicted molar refractivity (Wildman–Crippen MR) is 73.2 cm³/mol. The van der Waals surface area contributed by atoms with Crippen molar-refractivity contribution >= 4 is 23.3 Å². The van der Waals surface area contributed by atoms with Gasteiger partial charge in [0.1, 0.15) is 0 Å². The first-order valence-electron chi connectivity index (χ1n) is 6.21. The largest absolute Gasteiger partial charge is 0.450 e. The van der Waals surface area contributed by atoms with Crippen LogP contribution in [0.3, 0.4) is 0 Å². The number of hydrogen-bond acceptors (Lipinski definition) is 7. The SMILES string of the molecule is Cc1cc(C(=O)OCC(=O)Nc2ccc(F)c([N+](=O)[O-])c2)on1. The van der Waals surface area contributed by atoms with E-state index in [4.69, 9.17) is 0 Å². The fraction of sp³-hybridized carbons (Fsp3) is 0.154. The number of aromatic nitrogens is 1. The van der Waals surface area contributed by atoms with Gasteiger partial charge in [-0.2, -0.15) is 4.39 Å². The predicted octanol–water partition coefficient (Wildman–Crippen LogP) is 1.83. The van der Waals surface area contributed by atoms with Gasteiger partial charge in [-0.15, -0.1) is 0 Å². The lowest BCUT2D eigenvalue weighted by molar-refractivity contribution is -0.387. The summed E-state index contributed by atoms with van der Waals surface area (Å²) in [5.74, 6) is -2.82. The molecule has 1 aromatic heterocycles. The van der Waals surface area contributed by atoms with Crippen LogP contribution in [-0.2, 0) is 9.53 Å². The zero-order valence-corrected chi connectivity index (χ0v) is 11.7. The third kappa shape index (κ3) is 4.09. The molecule has 1 aromatic carbocycles. The maximum Gasteiger partial charge on any atom is 0.377 e. The summed E-state index contributed by atoms with van der Waals surface area (Å²) in [6.07, 6.45) is 0. The van der Waals surface area contributed by atoms with Crippen LogP contribution in [0.2, 0.25) is 0 Å². The van der Waals surface area contributed by atoms with Crippen LogP contribution in [-0.4, -0.2) is 28.6 Å². The first kappa shape index (κ1) is 16.1. The van der Waals surface area contributed by atoms with Crippen molar-refractivity contribution in [2.24, 2.45) is 0 Å². The van der Waals surface area contributed by atoms with E-state index < -0.39 is 34.9 Å². The average molecular weight is 323 g/mol.